The van der Waals surface area contributed by atoms with E-state index in [-0.39, 0.29) is 18.5 Å². The van der Waals surface area contributed by atoms with Crippen molar-refractivity contribution in [3.63, 3.8) is 0 Å². The summed E-state index contributed by atoms with van der Waals surface area (Å²) in [5, 5.41) is 1.86. The number of esters is 1. The fourth-order valence-corrected chi connectivity index (χ4v) is 4.87. The summed E-state index contributed by atoms with van der Waals surface area (Å²) in [4.78, 5) is 31.2. The van der Waals surface area contributed by atoms with Gasteiger partial charge in [0.2, 0.25) is 0 Å². The second-order valence-electron chi connectivity index (χ2n) is 7.86. The zero-order valence-corrected chi connectivity index (χ0v) is 22.9. The van der Waals surface area contributed by atoms with E-state index < -0.39 is 0 Å². The van der Waals surface area contributed by atoms with Gasteiger partial charge in [-0.3, -0.25) is 9.69 Å². The first-order valence-electron chi connectivity index (χ1n) is 11.1. The van der Waals surface area contributed by atoms with Gasteiger partial charge in [-0.15, -0.1) is 0 Å². The van der Waals surface area contributed by atoms with Gasteiger partial charge < -0.3 is 9.47 Å². The topological polar surface area (TPSA) is 68.2 Å². The van der Waals surface area contributed by atoms with Crippen LogP contribution in [0, 0.1) is 0 Å². The maximum atomic E-state index is 12.8. The van der Waals surface area contributed by atoms with Crippen molar-refractivity contribution in [2.45, 2.75) is 13.5 Å². The number of carbonyl (C=O) groups is 2. The zero-order valence-electron chi connectivity index (χ0n) is 19.8. The zero-order chi connectivity index (χ0) is 26.5. The van der Waals surface area contributed by atoms with E-state index in [9.17, 15) is 9.59 Å². The summed E-state index contributed by atoms with van der Waals surface area (Å²) >= 11 is 19.7. The Morgan fingerprint density at radius 3 is 2.43 bits per heavy atom. The molecule has 4 rings (SSSR count). The number of halogens is 3. The van der Waals surface area contributed by atoms with Crippen LogP contribution in [-0.4, -0.2) is 35.6 Å². The molecule has 1 aliphatic rings. The molecule has 10 heteroatoms. The van der Waals surface area contributed by atoms with E-state index in [1.807, 2.05) is 12.1 Å². The van der Waals surface area contributed by atoms with E-state index in [2.05, 4.69) is 4.99 Å². The summed E-state index contributed by atoms with van der Waals surface area (Å²) in [5.74, 6) is -0.0622. The Bertz CT molecular complexity index is 1410. The second kappa shape index (κ2) is 12.0. The predicted molar refractivity (Wildman–Crippen MR) is 150 cm³/mol. The van der Waals surface area contributed by atoms with Crippen molar-refractivity contribution in [1.29, 1.82) is 0 Å². The van der Waals surface area contributed by atoms with Gasteiger partial charge >= 0.3 is 5.97 Å². The summed E-state index contributed by atoms with van der Waals surface area (Å²) < 4.78 is 10.8. The Hall–Kier alpha value is -2.97. The molecular weight excluding hydrogens is 555 g/mol. The standard InChI is InChI=1S/C27H21Cl3N2O4S/c1-3-35-26(34)18-6-8-19(9-7-18)31-27-32(2)25(33)24(37-27)14-16-5-11-23(22(30)12-16)36-15-17-4-10-20(28)21(29)13-17/h4-14H,3,15H2,1-2H3. The molecule has 0 aliphatic carbocycles. The van der Waals surface area contributed by atoms with Gasteiger partial charge in [0.25, 0.3) is 5.91 Å². The highest BCUT2D eigenvalue weighted by molar-refractivity contribution is 8.18. The Labute approximate surface area is 233 Å². The molecule has 0 unspecified atom stereocenters. The van der Waals surface area contributed by atoms with E-state index in [0.717, 1.165) is 11.1 Å². The lowest BCUT2D eigenvalue weighted by Gasteiger charge is -2.09. The van der Waals surface area contributed by atoms with Crippen LogP contribution in [0.15, 0.2) is 70.6 Å². The summed E-state index contributed by atoms with van der Waals surface area (Å²) in [6.45, 7) is 2.33. The van der Waals surface area contributed by atoms with E-state index in [4.69, 9.17) is 44.3 Å². The molecule has 37 heavy (non-hydrogen) atoms. The normalized spacial score (nSPS) is 15.5. The van der Waals surface area contributed by atoms with Crippen LogP contribution in [0.5, 0.6) is 5.75 Å². The number of rotatable bonds is 7. The Morgan fingerprint density at radius 1 is 1.00 bits per heavy atom. The number of carbonyl (C=O) groups excluding carboxylic acids is 2. The van der Waals surface area contributed by atoms with Gasteiger partial charge in [0.05, 0.1) is 37.8 Å². The lowest BCUT2D eigenvalue weighted by Crippen LogP contribution is -2.23. The van der Waals surface area contributed by atoms with E-state index >= 15 is 0 Å². The minimum atomic E-state index is -0.390. The molecule has 0 N–H and O–H groups in total. The van der Waals surface area contributed by atoms with Gasteiger partial charge in [-0.2, -0.15) is 0 Å². The molecule has 0 aromatic heterocycles. The molecular formula is C27H21Cl3N2O4S. The molecule has 1 aliphatic heterocycles. The Morgan fingerprint density at radius 2 is 1.76 bits per heavy atom. The average Bonchev–Trinajstić information content (AvgIpc) is 3.13. The van der Waals surface area contributed by atoms with Crippen molar-refractivity contribution in [2.75, 3.05) is 13.7 Å². The quantitative estimate of drug-likeness (QED) is 0.214. The number of hydrogen-bond acceptors (Lipinski definition) is 6. The first kappa shape index (κ1) is 27.1. The number of benzene rings is 3. The van der Waals surface area contributed by atoms with Crippen LogP contribution >= 0.6 is 46.6 Å². The highest BCUT2D eigenvalue weighted by Crippen LogP contribution is 2.35. The molecule has 1 heterocycles. The van der Waals surface area contributed by atoms with E-state index in [1.165, 1.54) is 16.7 Å². The Balaban J connectivity index is 1.45. The van der Waals surface area contributed by atoms with Crippen molar-refractivity contribution < 1.29 is 19.1 Å². The highest BCUT2D eigenvalue weighted by Gasteiger charge is 2.30. The lowest BCUT2D eigenvalue weighted by atomic mass is 10.2. The third-order valence-corrected chi connectivity index (χ3v) is 7.33. The molecule has 0 radical (unpaired) electrons. The van der Waals surface area contributed by atoms with Crippen LogP contribution in [0.1, 0.15) is 28.4 Å². The van der Waals surface area contributed by atoms with Crippen molar-refractivity contribution in [1.82, 2.24) is 4.90 Å². The van der Waals surface area contributed by atoms with Gasteiger partial charge in [0.1, 0.15) is 12.4 Å². The minimum absolute atomic E-state index is 0.178. The van der Waals surface area contributed by atoms with Crippen molar-refractivity contribution in [2.24, 2.45) is 4.99 Å². The van der Waals surface area contributed by atoms with Crippen LogP contribution in [-0.2, 0) is 16.1 Å². The third kappa shape index (κ3) is 6.67. The molecule has 3 aromatic rings. The van der Waals surface area contributed by atoms with Crippen LogP contribution in [0.25, 0.3) is 6.08 Å². The number of amides is 1. The first-order chi connectivity index (χ1) is 17.7. The van der Waals surface area contributed by atoms with E-state index in [0.29, 0.717) is 48.7 Å². The molecule has 0 spiro atoms. The number of ether oxygens (including phenoxy) is 2. The average molecular weight is 576 g/mol. The van der Waals surface area contributed by atoms with Gasteiger partial charge in [-0.05, 0) is 84.4 Å². The molecule has 0 saturated carbocycles. The molecule has 6 nitrogen and oxygen atoms in total. The van der Waals surface area contributed by atoms with Gasteiger partial charge in [-0.25, -0.2) is 9.79 Å². The van der Waals surface area contributed by atoms with Gasteiger partial charge in [0, 0.05) is 7.05 Å². The molecule has 1 fully saturated rings. The molecule has 1 amide bonds. The predicted octanol–water partition coefficient (Wildman–Crippen LogP) is 7.64. The minimum Gasteiger partial charge on any atom is -0.487 e. The van der Waals surface area contributed by atoms with Gasteiger partial charge in [0.15, 0.2) is 5.17 Å². The van der Waals surface area contributed by atoms with E-state index in [1.54, 1.807) is 68.6 Å². The van der Waals surface area contributed by atoms with Crippen molar-refractivity contribution in [3.05, 3.63) is 97.3 Å². The maximum absolute atomic E-state index is 12.8. The first-order valence-corrected chi connectivity index (χ1v) is 13.1. The van der Waals surface area contributed by atoms with Crippen molar-refractivity contribution >= 4 is 75.4 Å². The third-order valence-electron chi connectivity index (χ3n) is 5.24. The molecule has 190 valence electrons. The summed E-state index contributed by atoms with van der Waals surface area (Å²) in [7, 11) is 1.66. The number of thioether (sulfide) groups is 1. The number of amidine groups is 1. The van der Waals surface area contributed by atoms with Crippen molar-refractivity contribution in [3.8, 4) is 5.75 Å². The largest absolute Gasteiger partial charge is 0.487 e. The highest BCUT2D eigenvalue weighted by atomic mass is 35.5. The lowest BCUT2D eigenvalue weighted by molar-refractivity contribution is -0.121. The molecule has 3 aromatic carbocycles. The fraction of sp³-hybridized carbons (Fsp3) is 0.148. The van der Waals surface area contributed by atoms with Crippen LogP contribution in [0.2, 0.25) is 15.1 Å². The molecule has 0 atom stereocenters. The smallest absolute Gasteiger partial charge is 0.338 e. The maximum Gasteiger partial charge on any atom is 0.338 e. The molecule has 1 saturated heterocycles. The fourth-order valence-electron chi connectivity index (χ4n) is 3.31. The number of likely N-dealkylation sites (N-methyl/N-ethyl adjacent to an activating group) is 1. The molecule has 0 bridgehead atoms. The number of aliphatic imine (C=N–C) groups is 1. The number of nitrogens with zero attached hydrogens (tertiary/aromatic N) is 2. The summed E-state index contributed by atoms with van der Waals surface area (Å²) in [6, 6.07) is 17.3. The van der Waals surface area contributed by atoms with Gasteiger partial charge in [-0.1, -0.05) is 46.9 Å². The summed E-state index contributed by atoms with van der Waals surface area (Å²) in [5.41, 5.74) is 2.66. The monoisotopic (exact) mass is 574 g/mol. The second-order valence-corrected chi connectivity index (χ2v) is 10.1. The summed E-state index contributed by atoms with van der Waals surface area (Å²) in [6.07, 6.45) is 1.75. The van der Waals surface area contributed by atoms with Crippen LogP contribution in [0.3, 0.4) is 0 Å². The van der Waals surface area contributed by atoms with Crippen LogP contribution in [0.4, 0.5) is 5.69 Å². The number of hydrogen-bond donors (Lipinski definition) is 0. The van der Waals surface area contributed by atoms with Crippen LogP contribution < -0.4 is 4.74 Å². The SMILES string of the molecule is CCOC(=O)c1ccc(N=C2SC(=Cc3ccc(OCc4ccc(Cl)c(Cl)c4)c(Cl)c3)C(=O)N2C)cc1. The Kier molecular flexibility index (Phi) is 8.82.